The van der Waals surface area contributed by atoms with Gasteiger partial charge in [0.05, 0.1) is 6.10 Å². The van der Waals surface area contributed by atoms with E-state index in [1.54, 1.807) is 0 Å². The molecule has 0 saturated heterocycles. The molecule has 0 radical (unpaired) electrons. The summed E-state index contributed by atoms with van der Waals surface area (Å²) in [7, 11) is 0. The van der Waals surface area contributed by atoms with E-state index in [9.17, 15) is 0 Å². The molecule has 0 fully saturated rings. The fraction of sp³-hybridized carbons (Fsp3) is 0.667. The highest BCUT2D eigenvalue weighted by atomic mass is 16.5. The summed E-state index contributed by atoms with van der Waals surface area (Å²) in [6.45, 7) is 8.61. The predicted octanol–water partition coefficient (Wildman–Crippen LogP) is 4.58. The van der Waals surface area contributed by atoms with Gasteiger partial charge in [0.1, 0.15) is 5.75 Å². The smallest absolute Gasteiger partial charge is 0.120 e. The number of rotatable bonds is 10. The van der Waals surface area contributed by atoms with Gasteiger partial charge < -0.3 is 4.74 Å². The van der Waals surface area contributed by atoms with Crippen molar-refractivity contribution < 1.29 is 4.74 Å². The molecule has 21 heavy (non-hydrogen) atoms. The molecule has 0 aliphatic rings. The van der Waals surface area contributed by atoms with Gasteiger partial charge in [-0.1, -0.05) is 51.7 Å². The average molecular weight is 292 g/mol. The maximum atomic E-state index is 5.80. The lowest BCUT2D eigenvalue weighted by Gasteiger charge is -2.23. The number of unbranched alkanes of at least 4 members (excludes halogenated alkanes) is 1. The number of hydrazine groups is 1. The van der Waals surface area contributed by atoms with Gasteiger partial charge in [0.25, 0.3) is 0 Å². The minimum absolute atomic E-state index is 0.192. The third-order valence-electron chi connectivity index (χ3n) is 3.95. The van der Waals surface area contributed by atoms with Crippen LogP contribution in [0, 0.1) is 5.92 Å². The lowest BCUT2D eigenvalue weighted by Crippen LogP contribution is -2.29. The summed E-state index contributed by atoms with van der Waals surface area (Å²) in [5, 5.41) is 0. The molecule has 3 nitrogen and oxygen atoms in total. The molecule has 1 rings (SSSR count). The van der Waals surface area contributed by atoms with Crippen molar-refractivity contribution in [3.8, 4) is 5.75 Å². The Balaban J connectivity index is 2.74. The Kier molecular flexibility index (Phi) is 8.40. The zero-order valence-electron chi connectivity index (χ0n) is 14.1. The minimum atomic E-state index is 0.192. The van der Waals surface area contributed by atoms with E-state index in [-0.39, 0.29) is 12.1 Å². The summed E-state index contributed by atoms with van der Waals surface area (Å²) >= 11 is 0. The van der Waals surface area contributed by atoms with E-state index in [1.165, 1.54) is 31.2 Å². The molecular weight excluding hydrogens is 260 g/mol. The summed E-state index contributed by atoms with van der Waals surface area (Å²) in [5.74, 6) is 7.44. The van der Waals surface area contributed by atoms with Gasteiger partial charge in [0, 0.05) is 6.04 Å². The number of hydrogen-bond donors (Lipinski definition) is 2. The first-order chi connectivity index (χ1) is 10.1. The van der Waals surface area contributed by atoms with Crippen molar-refractivity contribution in [3.05, 3.63) is 29.8 Å². The SMILES string of the molecule is CCCCC(CC)CC(NN)c1cccc(OC(C)C)c1. The summed E-state index contributed by atoms with van der Waals surface area (Å²) in [5.41, 5.74) is 4.20. The van der Waals surface area contributed by atoms with Crippen molar-refractivity contribution >= 4 is 0 Å². The first-order valence-corrected chi connectivity index (χ1v) is 8.33. The summed E-state index contributed by atoms with van der Waals surface area (Å²) in [6.07, 6.45) is 6.32. The number of ether oxygens (including phenoxy) is 1. The van der Waals surface area contributed by atoms with E-state index >= 15 is 0 Å². The van der Waals surface area contributed by atoms with Gasteiger partial charge in [0.2, 0.25) is 0 Å². The van der Waals surface area contributed by atoms with Crippen LogP contribution in [0.15, 0.2) is 24.3 Å². The molecule has 2 atom stereocenters. The second-order valence-corrected chi connectivity index (χ2v) is 6.11. The molecule has 3 heteroatoms. The molecule has 0 aliphatic carbocycles. The number of benzene rings is 1. The van der Waals surface area contributed by atoms with Crippen molar-refractivity contribution in [2.45, 2.75) is 71.9 Å². The minimum Gasteiger partial charge on any atom is -0.491 e. The highest BCUT2D eigenvalue weighted by Crippen LogP contribution is 2.28. The van der Waals surface area contributed by atoms with Crippen molar-refractivity contribution in [1.29, 1.82) is 0 Å². The Morgan fingerprint density at radius 3 is 2.57 bits per heavy atom. The predicted molar refractivity (Wildman–Crippen MR) is 90.2 cm³/mol. The number of hydrogen-bond acceptors (Lipinski definition) is 3. The van der Waals surface area contributed by atoms with Gasteiger partial charge in [-0.3, -0.25) is 11.3 Å². The van der Waals surface area contributed by atoms with Gasteiger partial charge >= 0.3 is 0 Å². The second-order valence-electron chi connectivity index (χ2n) is 6.11. The molecule has 1 aromatic carbocycles. The van der Waals surface area contributed by atoms with Crippen molar-refractivity contribution in [1.82, 2.24) is 5.43 Å². The highest BCUT2D eigenvalue weighted by Gasteiger charge is 2.16. The van der Waals surface area contributed by atoms with Crippen LogP contribution in [-0.4, -0.2) is 6.10 Å². The quantitative estimate of drug-likeness (QED) is 0.490. The molecule has 1 aromatic rings. The Morgan fingerprint density at radius 1 is 1.24 bits per heavy atom. The molecule has 0 aliphatic heterocycles. The summed E-state index contributed by atoms with van der Waals surface area (Å²) in [6, 6.07) is 8.49. The van der Waals surface area contributed by atoms with Crippen LogP contribution in [0.25, 0.3) is 0 Å². The van der Waals surface area contributed by atoms with Gasteiger partial charge in [-0.15, -0.1) is 0 Å². The molecule has 0 bridgehead atoms. The molecule has 120 valence electrons. The normalized spacial score (nSPS) is 14.2. The monoisotopic (exact) mass is 292 g/mol. The molecule has 0 aromatic heterocycles. The Hall–Kier alpha value is -1.06. The van der Waals surface area contributed by atoms with Crippen LogP contribution in [0.4, 0.5) is 0 Å². The lowest BCUT2D eigenvalue weighted by molar-refractivity contribution is 0.241. The van der Waals surface area contributed by atoms with Gasteiger partial charge in [-0.05, 0) is 43.9 Å². The maximum Gasteiger partial charge on any atom is 0.120 e. The first kappa shape index (κ1) is 18.0. The van der Waals surface area contributed by atoms with Crippen LogP contribution < -0.4 is 16.0 Å². The molecule has 0 amide bonds. The maximum absolute atomic E-state index is 5.80. The van der Waals surface area contributed by atoms with E-state index in [2.05, 4.69) is 31.4 Å². The van der Waals surface area contributed by atoms with Crippen molar-refractivity contribution in [2.75, 3.05) is 0 Å². The lowest BCUT2D eigenvalue weighted by atomic mass is 9.89. The molecule has 3 N–H and O–H groups in total. The van der Waals surface area contributed by atoms with E-state index in [1.807, 2.05) is 26.0 Å². The standard InChI is InChI=1S/C18H32N2O/c1-5-7-9-15(6-2)12-18(20-19)16-10-8-11-17(13-16)21-14(3)4/h8,10-11,13-15,18,20H,5-7,9,12,19H2,1-4H3. The Bertz CT molecular complexity index is 393. The van der Waals surface area contributed by atoms with Crippen LogP contribution in [0.1, 0.15) is 71.4 Å². The largest absolute Gasteiger partial charge is 0.491 e. The molecular formula is C18H32N2O. The third-order valence-corrected chi connectivity index (χ3v) is 3.95. The summed E-state index contributed by atoms with van der Waals surface area (Å²) < 4.78 is 5.78. The van der Waals surface area contributed by atoms with Gasteiger partial charge in [-0.25, -0.2) is 0 Å². The molecule has 0 spiro atoms. The first-order valence-electron chi connectivity index (χ1n) is 8.33. The second kappa shape index (κ2) is 9.80. The van der Waals surface area contributed by atoms with Gasteiger partial charge in [0.15, 0.2) is 0 Å². The number of nitrogens with one attached hydrogen (secondary N) is 1. The number of nitrogens with two attached hydrogens (primary N) is 1. The molecule has 0 heterocycles. The Morgan fingerprint density at radius 2 is 2.00 bits per heavy atom. The zero-order valence-corrected chi connectivity index (χ0v) is 14.1. The van der Waals surface area contributed by atoms with Crippen molar-refractivity contribution in [2.24, 2.45) is 11.8 Å². The van der Waals surface area contributed by atoms with Crippen LogP contribution in [0.3, 0.4) is 0 Å². The van der Waals surface area contributed by atoms with Crippen LogP contribution in [-0.2, 0) is 0 Å². The highest BCUT2D eigenvalue weighted by molar-refractivity contribution is 5.30. The Labute approximate surface area is 130 Å². The third kappa shape index (κ3) is 6.49. The van der Waals surface area contributed by atoms with Crippen molar-refractivity contribution in [3.63, 3.8) is 0 Å². The van der Waals surface area contributed by atoms with Gasteiger partial charge in [-0.2, -0.15) is 0 Å². The zero-order chi connectivity index (χ0) is 15.7. The topological polar surface area (TPSA) is 47.3 Å². The van der Waals surface area contributed by atoms with E-state index in [4.69, 9.17) is 10.6 Å². The van der Waals surface area contributed by atoms with E-state index in [0.717, 1.165) is 18.1 Å². The molecule has 0 saturated carbocycles. The van der Waals surface area contributed by atoms with Crippen LogP contribution in [0.2, 0.25) is 0 Å². The fourth-order valence-corrected chi connectivity index (χ4v) is 2.69. The fourth-order valence-electron chi connectivity index (χ4n) is 2.69. The summed E-state index contributed by atoms with van der Waals surface area (Å²) in [4.78, 5) is 0. The van der Waals surface area contributed by atoms with Crippen LogP contribution >= 0.6 is 0 Å². The average Bonchev–Trinajstić information content (AvgIpc) is 2.47. The molecule has 2 unspecified atom stereocenters. The van der Waals surface area contributed by atoms with E-state index in [0.29, 0.717) is 0 Å². The van der Waals surface area contributed by atoms with Crippen LogP contribution in [0.5, 0.6) is 5.75 Å². The van der Waals surface area contributed by atoms with E-state index < -0.39 is 0 Å².